The lowest BCUT2D eigenvalue weighted by atomic mass is 10.1. The normalized spacial score (nSPS) is 17.2. The SMILES string of the molecule is CC(Oc1cc(-c2cnc3ccc(CN4CC[C@@H](O)C4)cn23)sc1CC(N)=O)c1ccccc1Cl. The Morgan fingerprint density at radius 1 is 1.34 bits per heavy atom. The van der Waals surface area contributed by atoms with Gasteiger partial charge in [-0.2, -0.15) is 0 Å². The highest BCUT2D eigenvalue weighted by Gasteiger charge is 2.22. The molecule has 3 N–H and O–H groups in total. The van der Waals surface area contributed by atoms with Crippen LogP contribution < -0.4 is 10.5 Å². The number of aliphatic hydroxyl groups is 1. The number of fused-ring (bicyclic) bond motifs is 1. The van der Waals surface area contributed by atoms with Gasteiger partial charge in [0.2, 0.25) is 5.91 Å². The molecule has 1 amide bonds. The van der Waals surface area contributed by atoms with Crippen LogP contribution in [0.15, 0.2) is 54.9 Å². The predicted molar refractivity (Wildman–Crippen MR) is 138 cm³/mol. The molecule has 0 radical (unpaired) electrons. The number of pyridine rings is 1. The fourth-order valence-electron chi connectivity index (χ4n) is 4.49. The van der Waals surface area contributed by atoms with Crippen molar-refractivity contribution in [3.63, 3.8) is 0 Å². The number of hydrogen-bond donors (Lipinski definition) is 2. The van der Waals surface area contributed by atoms with Crippen LogP contribution in [0.5, 0.6) is 5.75 Å². The molecule has 1 saturated heterocycles. The van der Waals surface area contributed by atoms with Gasteiger partial charge in [-0.15, -0.1) is 11.3 Å². The number of imidazole rings is 1. The molecule has 7 nitrogen and oxygen atoms in total. The van der Waals surface area contributed by atoms with Crippen molar-refractivity contribution in [1.29, 1.82) is 0 Å². The predicted octanol–water partition coefficient (Wildman–Crippen LogP) is 4.45. The minimum absolute atomic E-state index is 0.0918. The fraction of sp³-hybridized carbons (Fsp3) is 0.308. The second kappa shape index (κ2) is 9.99. The summed E-state index contributed by atoms with van der Waals surface area (Å²) < 4.78 is 8.34. The van der Waals surface area contributed by atoms with Crippen LogP contribution >= 0.6 is 22.9 Å². The minimum Gasteiger partial charge on any atom is -0.485 e. The Balaban J connectivity index is 1.46. The largest absolute Gasteiger partial charge is 0.485 e. The van der Waals surface area contributed by atoms with Gasteiger partial charge in [0.1, 0.15) is 17.5 Å². The first-order valence-corrected chi connectivity index (χ1v) is 12.8. The van der Waals surface area contributed by atoms with Gasteiger partial charge in [0, 0.05) is 42.5 Å². The molecule has 1 aromatic carbocycles. The van der Waals surface area contributed by atoms with Crippen molar-refractivity contribution in [3.8, 4) is 16.3 Å². The average Bonchev–Trinajstić information content (AvgIpc) is 3.52. The highest BCUT2D eigenvalue weighted by atomic mass is 35.5. The monoisotopic (exact) mass is 510 g/mol. The molecule has 4 heterocycles. The summed E-state index contributed by atoms with van der Waals surface area (Å²) in [6.07, 6.45) is 4.27. The maximum Gasteiger partial charge on any atom is 0.222 e. The van der Waals surface area contributed by atoms with Gasteiger partial charge >= 0.3 is 0 Å². The number of carbonyl (C=O) groups is 1. The standard InChI is InChI=1S/C26H27ClN4O3S/c1-16(19-4-2-3-5-20(19)27)34-22-10-23(35-24(22)11-25(28)33)21-12-29-26-7-6-17(14-31(21)26)13-30-9-8-18(32)15-30/h2-7,10,12,14,16,18,32H,8-9,11,13,15H2,1H3,(H2,28,33)/t16?,18-/m1/s1. The summed E-state index contributed by atoms with van der Waals surface area (Å²) in [5.74, 6) is 0.204. The number of primary amides is 1. The molecule has 35 heavy (non-hydrogen) atoms. The Bertz CT molecular complexity index is 1370. The van der Waals surface area contributed by atoms with Crippen molar-refractivity contribution in [2.75, 3.05) is 13.1 Å². The molecule has 5 rings (SSSR count). The highest BCUT2D eigenvalue weighted by Crippen LogP contribution is 2.39. The molecular weight excluding hydrogens is 484 g/mol. The lowest BCUT2D eigenvalue weighted by molar-refractivity contribution is -0.117. The van der Waals surface area contributed by atoms with E-state index in [1.165, 1.54) is 11.3 Å². The number of amides is 1. The number of aliphatic hydroxyl groups excluding tert-OH is 1. The number of ether oxygens (including phenoxy) is 1. The zero-order chi connectivity index (χ0) is 24.5. The lowest BCUT2D eigenvalue weighted by Gasteiger charge is -2.16. The van der Waals surface area contributed by atoms with E-state index in [1.54, 1.807) is 0 Å². The summed E-state index contributed by atoms with van der Waals surface area (Å²) >= 11 is 7.84. The van der Waals surface area contributed by atoms with Crippen LogP contribution in [-0.2, 0) is 17.8 Å². The number of carbonyl (C=O) groups excluding carboxylic acids is 1. The van der Waals surface area contributed by atoms with Crippen LogP contribution in [0.4, 0.5) is 0 Å². The quantitative estimate of drug-likeness (QED) is 0.365. The van der Waals surface area contributed by atoms with Crippen LogP contribution in [0, 0.1) is 0 Å². The van der Waals surface area contributed by atoms with Gasteiger partial charge in [0.15, 0.2) is 0 Å². The molecule has 0 spiro atoms. The maximum atomic E-state index is 11.8. The zero-order valence-corrected chi connectivity index (χ0v) is 20.9. The number of nitrogens with two attached hydrogens (primary N) is 1. The van der Waals surface area contributed by atoms with Gasteiger partial charge in [-0.3, -0.25) is 14.1 Å². The Morgan fingerprint density at radius 3 is 2.91 bits per heavy atom. The number of aromatic nitrogens is 2. The zero-order valence-electron chi connectivity index (χ0n) is 19.4. The fourth-order valence-corrected chi connectivity index (χ4v) is 5.89. The van der Waals surface area contributed by atoms with E-state index >= 15 is 0 Å². The summed E-state index contributed by atoms with van der Waals surface area (Å²) in [6, 6.07) is 13.6. The first-order valence-electron chi connectivity index (χ1n) is 11.6. The van der Waals surface area contributed by atoms with E-state index in [0.717, 1.165) is 51.7 Å². The van der Waals surface area contributed by atoms with Gasteiger partial charge in [0.25, 0.3) is 0 Å². The Morgan fingerprint density at radius 2 is 2.17 bits per heavy atom. The second-order valence-electron chi connectivity index (χ2n) is 8.91. The van der Waals surface area contributed by atoms with E-state index in [9.17, 15) is 9.90 Å². The van der Waals surface area contributed by atoms with Crippen molar-refractivity contribution < 1.29 is 14.6 Å². The minimum atomic E-state index is -0.415. The van der Waals surface area contributed by atoms with Crippen molar-refractivity contribution in [1.82, 2.24) is 14.3 Å². The molecule has 1 fully saturated rings. The molecular formula is C26H27ClN4O3S. The number of nitrogens with zero attached hydrogens (tertiary/aromatic N) is 3. The van der Waals surface area contributed by atoms with Crippen LogP contribution in [-0.4, -0.2) is 44.5 Å². The van der Waals surface area contributed by atoms with E-state index < -0.39 is 5.91 Å². The summed E-state index contributed by atoms with van der Waals surface area (Å²) in [5, 5.41) is 10.5. The van der Waals surface area contributed by atoms with Gasteiger partial charge in [-0.05, 0) is 31.0 Å². The number of likely N-dealkylation sites (tertiary alicyclic amines) is 1. The van der Waals surface area contributed by atoms with E-state index in [4.69, 9.17) is 22.1 Å². The second-order valence-corrected chi connectivity index (χ2v) is 10.5. The number of rotatable bonds is 8. The molecule has 3 aromatic heterocycles. The molecule has 1 unspecified atom stereocenters. The molecule has 2 atom stereocenters. The van der Waals surface area contributed by atoms with Gasteiger partial charge in [-0.1, -0.05) is 35.9 Å². The van der Waals surface area contributed by atoms with Crippen LogP contribution in [0.25, 0.3) is 16.2 Å². The Kier molecular flexibility index (Phi) is 6.80. The first kappa shape index (κ1) is 23.8. The molecule has 9 heteroatoms. The molecule has 1 aliphatic heterocycles. The van der Waals surface area contributed by atoms with Crippen molar-refractivity contribution in [2.45, 2.75) is 38.5 Å². The number of benzene rings is 1. The number of β-amino-alcohol motifs (C(OH)–C–C–N with tert-alkyl or cyclic N) is 1. The van der Waals surface area contributed by atoms with Crippen LogP contribution in [0.2, 0.25) is 5.02 Å². The van der Waals surface area contributed by atoms with Gasteiger partial charge in [0.05, 0.1) is 34.2 Å². The molecule has 0 aliphatic carbocycles. The molecule has 4 aromatic rings. The highest BCUT2D eigenvalue weighted by molar-refractivity contribution is 7.15. The summed E-state index contributed by atoms with van der Waals surface area (Å²) in [6.45, 7) is 4.29. The third-order valence-electron chi connectivity index (χ3n) is 6.22. The van der Waals surface area contributed by atoms with E-state index in [-0.39, 0.29) is 18.6 Å². The Labute approximate surface area is 212 Å². The summed E-state index contributed by atoms with van der Waals surface area (Å²) in [4.78, 5) is 20.3. The third kappa shape index (κ3) is 5.21. The van der Waals surface area contributed by atoms with Crippen molar-refractivity contribution in [3.05, 3.63) is 75.9 Å². The summed E-state index contributed by atoms with van der Waals surface area (Å²) in [5.41, 5.74) is 9.30. The number of thiophene rings is 1. The lowest BCUT2D eigenvalue weighted by Crippen LogP contribution is -2.21. The van der Waals surface area contributed by atoms with Crippen LogP contribution in [0.1, 0.15) is 35.5 Å². The van der Waals surface area contributed by atoms with Crippen LogP contribution in [0.3, 0.4) is 0 Å². The molecule has 1 aliphatic rings. The smallest absolute Gasteiger partial charge is 0.222 e. The van der Waals surface area contributed by atoms with Crippen molar-refractivity contribution in [2.24, 2.45) is 5.73 Å². The van der Waals surface area contributed by atoms with Crippen molar-refractivity contribution >= 4 is 34.5 Å². The van der Waals surface area contributed by atoms with E-state index in [2.05, 4.69) is 26.5 Å². The van der Waals surface area contributed by atoms with Gasteiger partial charge in [-0.25, -0.2) is 4.98 Å². The van der Waals surface area contributed by atoms with E-state index in [0.29, 0.717) is 17.3 Å². The number of halogens is 1. The molecule has 0 bridgehead atoms. The van der Waals surface area contributed by atoms with Gasteiger partial charge < -0.3 is 15.6 Å². The first-order chi connectivity index (χ1) is 16.9. The summed E-state index contributed by atoms with van der Waals surface area (Å²) in [7, 11) is 0. The third-order valence-corrected chi connectivity index (χ3v) is 7.71. The molecule has 182 valence electrons. The average molecular weight is 511 g/mol. The molecule has 0 saturated carbocycles. The van der Waals surface area contributed by atoms with E-state index in [1.807, 2.05) is 49.5 Å². The Hall–Kier alpha value is -2.91. The maximum absolute atomic E-state index is 11.8. The topological polar surface area (TPSA) is 93.1 Å². The number of hydrogen-bond acceptors (Lipinski definition) is 6.